The van der Waals surface area contributed by atoms with Crippen LogP contribution in [0.15, 0.2) is 29.2 Å². The van der Waals surface area contributed by atoms with Gasteiger partial charge in [-0.3, -0.25) is 4.98 Å². The van der Waals surface area contributed by atoms with Crippen molar-refractivity contribution in [1.29, 1.82) is 0 Å². The van der Waals surface area contributed by atoms with Gasteiger partial charge in [-0.05, 0) is 11.4 Å². The van der Waals surface area contributed by atoms with E-state index in [1.54, 1.807) is 22.7 Å². The van der Waals surface area contributed by atoms with Crippen molar-refractivity contribution in [3.05, 3.63) is 39.0 Å². The van der Waals surface area contributed by atoms with Gasteiger partial charge in [0.25, 0.3) is 0 Å². The molecule has 62 valence electrons. The zero-order chi connectivity index (χ0) is 8.39. The second-order valence-corrected chi connectivity index (χ2v) is 4.29. The second-order valence-electron chi connectivity index (χ2n) is 2.40. The third kappa shape index (κ3) is 1.41. The molecule has 2 heterocycles. The molecule has 2 rings (SSSR count). The second kappa shape index (κ2) is 3.35. The number of thiophene rings is 1. The van der Waals surface area contributed by atoms with E-state index in [2.05, 4.69) is 11.1 Å². The average molecular weight is 196 g/mol. The van der Waals surface area contributed by atoms with E-state index in [0.29, 0.717) is 0 Å². The summed E-state index contributed by atoms with van der Waals surface area (Å²) in [6.07, 6.45) is 1.83. The highest BCUT2D eigenvalue weighted by Crippen LogP contribution is 2.25. The van der Waals surface area contributed by atoms with E-state index in [4.69, 9.17) is 5.73 Å². The molecule has 0 aliphatic rings. The van der Waals surface area contributed by atoms with Crippen LogP contribution in [0.3, 0.4) is 0 Å². The van der Waals surface area contributed by atoms with E-state index in [0.717, 1.165) is 4.88 Å². The Bertz CT molecular complexity index is 292. The maximum atomic E-state index is 5.99. The fourth-order valence-electron chi connectivity index (χ4n) is 0.988. The van der Waals surface area contributed by atoms with Crippen LogP contribution in [0.25, 0.3) is 0 Å². The van der Waals surface area contributed by atoms with Gasteiger partial charge >= 0.3 is 0 Å². The molecule has 0 aliphatic carbocycles. The van der Waals surface area contributed by atoms with Gasteiger partial charge in [0.2, 0.25) is 0 Å². The van der Waals surface area contributed by atoms with Crippen molar-refractivity contribution in [3.63, 3.8) is 0 Å². The highest BCUT2D eigenvalue weighted by atomic mass is 32.1. The highest BCUT2D eigenvalue weighted by Gasteiger charge is 2.10. The molecule has 0 amide bonds. The van der Waals surface area contributed by atoms with Crippen LogP contribution in [-0.2, 0) is 0 Å². The van der Waals surface area contributed by atoms with E-state index in [1.165, 1.54) is 4.88 Å². The van der Waals surface area contributed by atoms with Crippen molar-refractivity contribution in [3.8, 4) is 0 Å². The smallest absolute Gasteiger partial charge is 0.0794 e. The molecule has 0 fully saturated rings. The van der Waals surface area contributed by atoms with Crippen LogP contribution in [0.2, 0.25) is 0 Å². The summed E-state index contributed by atoms with van der Waals surface area (Å²) in [5.74, 6) is 0. The molecule has 12 heavy (non-hydrogen) atoms. The number of thiazole rings is 1. The molecule has 4 heteroatoms. The van der Waals surface area contributed by atoms with Crippen LogP contribution in [0.5, 0.6) is 0 Å². The van der Waals surface area contributed by atoms with E-state index >= 15 is 0 Å². The number of aromatic nitrogens is 1. The minimum absolute atomic E-state index is 0.0116. The van der Waals surface area contributed by atoms with Gasteiger partial charge in [-0.25, -0.2) is 0 Å². The SMILES string of the molecule is NC(c1cccs1)c1cncs1. The van der Waals surface area contributed by atoms with Crippen LogP contribution < -0.4 is 5.73 Å². The Morgan fingerprint density at radius 3 is 2.83 bits per heavy atom. The van der Waals surface area contributed by atoms with Crippen molar-refractivity contribution < 1.29 is 0 Å². The third-order valence-electron chi connectivity index (χ3n) is 1.61. The van der Waals surface area contributed by atoms with Crippen molar-refractivity contribution in [1.82, 2.24) is 4.98 Å². The van der Waals surface area contributed by atoms with Crippen molar-refractivity contribution in [2.45, 2.75) is 6.04 Å². The summed E-state index contributed by atoms with van der Waals surface area (Å²) in [6, 6.07) is 4.08. The van der Waals surface area contributed by atoms with Crippen molar-refractivity contribution in [2.75, 3.05) is 0 Å². The van der Waals surface area contributed by atoms with E-state index in [1.807, 2.05) is 23.2 Å². The maximum absolute atomic E-state index is 5.99. The lowest BCUT2D eigenvalue weighted by Gasteiger charge is -2.04. The molecule has 0 spiro atoms. The molecule has 2 aromatic rings. The van der Waals surface area contributed by atoms with E-state index in [9.17, 15) is 0 Å². The summed E-state index contributed by atoms with van der Waals surface area (Å²) >= 11 is 3.28. The first-order valence-corrected chi connectivity index (χ1v) is 5.31. The van der Waals surface area contributed by atoms with Crippen molar-refractivity contribution in [2.24, 2.45) is 5.73 Å². The summed E-state index contributed by atoms with van der Waals surface area (Å²) in [6.45, 7) is 0. The number of nitrogens with two attached hydrogens (primary N) is 1. The van der Waals surface area contributed by atoms with Crippen LogP contribution in [-0.4, -0.2) is 4.98 Å². The van der Waals surface area contributed by atoms with Gasteiger partial charge in [0.1, 0.15) is 0 Å². The van der Waals surface area contributed by atoms with Gasteiger partial charge in [-0.1, -0.05) is 6.07 Å². The largest absolute Gasteiger partial charge is 0.319 e. The standard InChI is InChI=1S/C8H8N2S2/c9-8(6-2-1-3-11-6)7-4-10-5-12-7/h1-5,8H,9H2. The van der Waals surface area contributed by atoms with Gasteiger partial charge in [-0.2, -0.15) is 0 Å². The quantitative estimate of drug-likeness (QED) is 0.800. The first-order chi connectivity index (χ1) is 5.88. The molecule has 0 aromatic carbocycles. The summed E-state index contributed by atoms with van der Waals surface area (Å²) in [5, 5.41) is 2.04. The zero-order valence-corrected chi connectivity index (χ0v) is 7.94. The van der Waals surface area contributed by atoms with Gasteiger partial charge in [0.15, 0.2) is 0 Å². The minimum Gasteiger partial charge on any atom is -0.319 e. The lowest BCUT2D eigenvalue weighted by molar-refractivity contribution is 0.913. The van der Waals surface area contributed by atoms with Crippen LogP contribution in [0.1, 0.15) is 15.8 Å². The molecule has 2 N–H and O–H groups in total. The van der Waals surface area contributed by atoms with Gasteiger partial charge in [0.05, 0.1) is 11.6 Å². The number of nitrogens with zero attached hydrogens (tertiary/aromatic N) is 1. The lowest BCUT2D eigenvalue weighted by atomic mass is 10.2. The first kappa shape index (κ1) is 7.91. The summed E-state index contributed by atoms with van der Waals surface area (Å²) in [4.78, 5) is 6.31. The summed E-state index contributed by atoms with van der Waals surface area (Å²) in [7, 11) is 0. The summed E-state index contributed by atoms with van der Waals surface area (Å²) in [5.41, 5.74) is 7.79. The first-order valence-electron chi connectivity index (χ1n) is 3.55. The number of hydrogen-bond donors (Lipinski definition) is 1. The Morgan fingerprint density at radius 2 is 2.25 bits per heavy atom. The highest BCUT2D eigenvalue weighted by molar-refractivity contribution is 7.11. The topological polar surface area (TPSA) is 38.9 Å². The molecule has 2 aromatic heterocycles. The average Bonchev–Trinajstić information content (AvgIpc) is 2.77. The zero-order valence-electron chi connectivity index (χ0n) is 6.31. The normalized spacial score (nSPS) is 13.1. The minimum atomic E-state index is 0.0116. The monoisotopic (exact) mass is 196 g/mol. The Hall–Kier alpha value is -0.710. The van der Waals surface area contributed by atoms with Gasteiger partial charge in [0, 0.05) is 16.0 Å². The molecule has 0 saturated carbocycles. The van der Waals surface area contributed by atoms with Crippen LogP contribution in [0.4, 0.5) is 0 Å². The fraction of sp³-hybridized carbons (Fsp3) is 0.125. The van der Waals surface area contributed by atoms with Gasteiger partial charge in [-0.15, -0.1) is 22.7 Å². The molecule has 1 unspecified atom stereocenters. The Balaban J connectivity index is 2.27. The number of rotatable bonds is 2. The Morgan fingerprint density at radius 1 is 1.33 bits per heavy atom. The fourth-order valence-corrected chi connectivity index (χ4v) is 2.45. The van der Waals surface area contributed by atoms with Crippen LogP contribution in [0, 0.1) is 0 Å². The van der Waals surface area contributed by atoms with Gasteiger partial charge < -0.3 is 5.73 Å². The van der Waals surface area contributed by atoms with E-state index < -0.39 is 0 Å². The Kier molecular flexibility index (Phi) is 2.21. The number of hydrogen-bond acceptors (Lipinski definition) is 4. The van der Waals surface area contributed by atoms with E-state index in [-0.39, 0.29) is 6.04 Å². The maximum Gasteiger partial charge on any atom is 0.0794 e. The molecular weight excluding hydrogens is 188 g/mol. The van der Waals surface area contributed by atoms with Crippen molar-refractivity contribution >= 4 is 22.7 Å². The molecule has 1 atom stereocenters. The molecule has 0 radical (unpaired) electrons. The Labute approximate surface area is 78.7 Å². The molecule has 0 saturated heterocycles. The lowest BCUT2D eigenvalue weighted by Crippen LogP contribution is -2.07. The molecule has 0 aliphatic heterocycles. The van der Waals surface area contributed by atoms with Crippen LogP contribution >= 0.6 is 22.7 Å². The molecular formula is C8H8N2S2. The molecule has 2 nitrogen and oxygen atoms in total. The third-order valence-corrected chi connectivity index (χ3v) is 3.42. The summed E-state index contributed by atoms with van der Waals surface area (Å²) < 4.78 is 0. The predicted molar refractivity (Wildman–Crippen MR) is 52.5 cm³/mol. The predicted octanol–water partition coefficient (Wildman–Crippen LogP) is 2.25. The molecule has 0 bridgehead atoms.